The smallest absolute Gasteiger partial charge is 0.220 e. The van der Waals surface area contributed by atoms with Gasteiger partial charge in [-0.25, -0.2) is 4.57 Å². The summed E-state index contributed by atoms with van der Waals surface area (Å²) < 4.78 is 2.26. The van der Waals surface area contributed by atoms with Gasteiger partial charge in [0.05, 0.1) is 12.6 Å². The average molecular weight is 484 g/mol. The molecular weight excluding hydrogens is 436 g/mol. The molecule has 0 saturated heterocycles. The first-order valence-electron chi connectivity index (χ1n) is 13.8. The fraction of sp³-hybridized carbons (Fsp3) is 0.600. The Kier molecular flexibility index (Phi) is 15.7. The van der Waals surface area contributed by atoms with E-state index in [0.717, 1.165) is 19.4 Å². The van der Waals surface area contributed by atoms with Gasteiger partial charge in [0.15, 0.2) is 12.4 Å². The highest BCUT2D eigenvalue weighted by Gasteiger charge is 2.21. The number of amides is 1. The van der Waals surface area contributed by atoms with Crippen LogP contribution in [0.2, 0.25) is 0 Å². The van der Waals surface area contributed by atoms with Crippen LogP contribution >= 0.6 is 0 Å². The third-order valence-electron chi connectivity index (χ3n) is 6.66. The van der Waals surface area contributed by atoms with Crippen molar-refractivity contribution in [3.05, 3.63) is 66.5 Å². The third kappa shape index (κ3) is 13.4. The average Bonchev–Trinajstić information content (AvgIpc) is 2.90. The van der Waals surface area contributed by atoms with E-state index in [4.69, 9.17) is 0 Å². The third-order valence-corrected chi connectivity index (χ3v) is 6.66. The van der Waals surface area contributed by atoms with E-state index in [2.05, 4.69) is 40.5 Å². The number of aliphatic hydroxyl groups excluding tert-OH is 2. The molecule has 1 aromatic heterocycles. The number of hydrogen-bond donors (Lipinski definition) is 3. The second kappa shape index (κ2) is 19.0. The molecule has 2 atom stereocenters. The Morgan fingerprint density at radius 1 is 0.714 bits per heavy atom. The summed E-state index contributed by atoms with van der Waals surface area (Å²) >= 11 is 0. The fourth-order valence-electron chi connectivity index (χ4n) is 4.49. The molecule has 194 valence electrons. The van der Waals surface area contributed by atoms with Crippen LogP contribution in [-0.2, 0) is 11.3 Å². The summed E-state index contributed by atoms with van der Waals surface area (Å²) in [6.07, 6.45) is 20.1. The zero-order valence-corrected chi connectivity index (χ0v) is 21.5. The molecule has 5 heteroatoms. The van der Waals surface area contributed by atoms with Gasteiger partial charge in [-0.2, -0.15) is 0 Å². The maximum absolute atomic E-state index is 12.2. The summed E-state index contributed by atoms with van der Waals surface area (Å²) in [6, 6.07) is 14.7. The van der Waals surface area contributed by atoms with Crippen molar-refractivity contribution in [3.63, 3.8) is 0 Å². The first kappa shape index (κ1) is 29.0. The second-order valence-corrected chi connectivity index (χ2v) is 9.67. The number of hydrogen-bond acceptors (Lipinski definition) is 3. The standard InChI is InChI=1S/C30H46N2O3/c33-26-28(30(35)27-20-14-12-15-21-27)31-29(34)22-16-10-8-6-4-2-1-3-5-7-9-11-17-23-32-24-18-13-19-25-32/h12-15,18-21,24-25,28,30,33,35H,1-11,16-17,22-23,26H2/p+1/t28-,30-/m0/s1. The lowest BCUT2D eigenvalue weighted by atomic mass is 10.0. The van der Waals surface area contributed by atoms with Gasteiger partial charge < -0.3 is 15.5 Å². The molecule has 0 unspecified atom stereocenters. The van der Waals surface area contributed by atoms with Crippen molar-refractivity contribution in [1.82, 2.24) is 5.32 Å². The maximum Gasteiger partial charge on any atom is 0.220 e. The Bertz CT molecular complexity index is 770. The van der Waals surface area contributed by atoms with Crippen molar-refractivity contribution in [1.29, 1.82) is 0 Å². The van der Waals surface area contributed by atoms with Gasteiger partial charge in [-0.05, 0) is 18.4 Å². The number of carbonyl (C=O) groups is 1. The molecular formula is C30H47N2O3+. The molecule has 0 aliphatic heterocycles. The van der Waals surface area contributed by atoms with E-state index in [0.29, 0.717) is 12.0 Å². The highest BCUT2D eigenvalue weighted by Crippen LogP contribution is 2.17. The van der Waals surface area contributed by atoms with Crippen LogP contribution in [0.25, 0.3) is 0 Å². The van der Waals surface area contributed by atoms with E-state index >= 15 is 0 Å². The lowest BCUT2D eigenvalue weighted by molar-refractivity contribution is -0.697. The SMILES string of the molecule is O=C(CCCCCCCCCCCCCCC[n+]1ccccc1)N[C@@H](CO)[C@@H](O)c1ccccc1. The normalized spacial score (nSPS) is 12.9. The summed E-state index contributed by atoms with van der Waals surface area (Å²) in [5.74, 6) is -0.0992. The van der Waals surface area contributed by atoms with Gasteiger partial charge in [0.25, 0.3) is 0 Å². The molecule has 5 nitrogen and oxygen atoms in total. The molecule has 0 aliphatic rings. The first-order valence-corrected chi connectivity index (χ1v) is 13.8. The van der Waals surface area contributed by atoms with E-state index < -0.39 is 12.1 Å². The Labute approximate surface area is 212 Å². The minimum atomic E-state index is -0.899. The largest absolute Gasteiger partial charge is 0.394 e. The molecule has 2 rings (SSSR count). The molecule has 3 N–H and O–H groups in total. The van der Waals surface area contributed by atoms with Crippen molar-refractivity contribution >= 4 is 5.91 Å². The number of aromatic nitrogens is 1. The maximum atomic E-state index is 12.2. The molecule has 0 spiro atoms. The van der Waals surface area contributed by atoms with Crippen molar-refractivity contribution < 1.29 is 19.6 Å². The zero-order chi connectivity index (χ0) is 25.0. The van der Waals surface area contributed by atoms with Gasteiger partial charge in [-0.3, -0.25) is 4.79 Å². The Balaban J connectivity index is 1.35. The molecule has 1 heterocycles. The molecule has 0 saturated carbocycles. The van der Waals surface area contributed by atoms with E-state index in [-0.39, 0.29) is 12.5 Å². The quantitative estimate of drug-likeness (QED) is 0.168. The number of rotatable bonds is 20. The van der Waals surface area contributed by atoms with Gasteiger partial charge in [0.1, 0.15) is 12.6 Å². The summed E-state index contributed by atoms with van der Waals surface area (Å²) in [5.41, 5.74) is 0.699. The van der Waals surface area contributed by atoms with E-state index in [1.54, 1.807) is 12.1 Å². The highest BCUT2D eigenvalue weighted by molar-refractivity contribution is 5.76. The zero-order valence-electron chi connectivity index (χ0n) is 21.5. The van der Waals surface area contributed by atoms with Crippen molar-refractivity contribution in [2.75, 3.05) is 6.61 Å². The lowest BCUT2D eigenvalue weighted by Crippen LogP contribution is -2.41. The van der Waals surface area contributed by atoms with Crippen LogP contribution in [0, 0.1) is 0 Å². The van der Waals surface area contributed by atoms with Crippen LogP contribution in [-0.4, -0.2) is 28.8 Å². The van der Waals surface area contributed by atoms with E-state index in [9.17, 15) is 15.0 Å². The van der Waals surface area contributed by atoms with Crippen LogP contribution in [0.5, 0.6) is 0 Å². The number of nitrogens with one attached hydrogen (secondary N) is 1. The van der Waals surface area contributed by atoms with E-state index in [1.165, 1.54) is 70.6 Å². The molecule has 0 bridgehead atoms. The van der Waals surface area contributed by atoms with Crippen molar-refractivity contribution in [2.45, 2.75) is 109 Å². The fourth-order valence-corrected chi connectivity index (χ4v) is 4.49. The molecule has 1 amide bonds. The number of aliphatic hydroxyl groups is 2. The first-order chi connectivity index (χ1) is 17.2. The molecule has 0 fully saturated rings. The van der Waals surface area contributed by atoms with Gasteiger partial charge >= 0.3 is 0 Å². The van der Waals surface area contributed by atoms with Crippen molar-refractivity contribution in [2.24, 2.45) is 0 Å². The highest BCUT2D eigenvalue weighted by atomic mass is 16.3. The number of unbranched alkanes of at least 4 members (excludes halogenated alkanes) is 12. The monoisotopic (exact) mass is 483 g/mol. The van der Waals surface area contributed by atoms with Gasteiger partial charge in [-0.15, -0.1) is 0 Å². The minimum absolute atomic E-state index is 0.0992. The Morgan fingerprint density at radius 2 is 1.20 bits per heavy atom. The van der Waals surface area contributed by atoms with E-state index in [1.807, 2.05) is 18.2 Å². The lowest BCUT2D eigenvalue weighted by Gasteiger charge is -2.22. The van der Waals surface area contributed by atoms with Crippen LogP contribution < -0.4 is 9.88 Å². The number of carbonyl (C=O) groups excluding carboxylic acids is 1. The molecule has 0 radical (unpaired) electrons. The Hall–Kier alpha value is -2.24. The molecule has 2 aromatic rings. The number of aryl methyl sites for hydroxylation is 1. The number of benzene rings is 1. The van der Waals surface area contributed by atoms with Crippen molar-refractivity contribution in [3.8, 4) is 0 Å². The van der Waals surface area contributed by atoms with Crippen LogP contribution in [0.1, 0.15) is 102 Å². The minimum Gasteiger partial charge on any atom is -0.394 e. The van der Waals surface area contributed by atoms with Gasteiger partial charge in [0, 0.05) is 25.0 Å². The molecule has 0 aliphatic carbocycles. The predicted octanol–water partition coefficient (Wildman–Crippen LogP) is 5.65. The summed E-state index contributed by atoms with van der Waals surface area (Å²) in [7, 11) is 0. The second-order valence-electron chi connectivity index (χ2n) is 9.67. The predicted molar refractivity (Wildman–Crippen MR) is 142 cm³/mol. The number of nitrogens with zero attached hydrogens (tertiary/aromatic N) is 1. The molecule has 35 heavy (non-hydrogen) atoms. The van der Waals surface area contributed by atoms with Gasteiger partial charge in [0.2, 0.25) is 5.91 Å². The van der Waals surface area contributed by atoms with Crippen LogP contribution in [0.15, 0.2) is 60.9 Å². The van der Waals surface area contributed by atoms with Crippen LogP contribution in [0.4, 0.5) is 0 Å². The Morgan fingerprint density at radius 3 is 1.74 bits per heavy atom. The van der Waals surface area contributed by atoms with Crippen LogP contribution in [0.3, 0.4) is 0 Å². The summed E-state index contributed by atoms with van der Waals surface area (Å²) in [4.78, 5) is 12.2. The number of pyridine rings is 1. The topological polar surface area (TPSA) is 73.4 Å². The summed E-state index contributed by atoms with van der Waals surface area (Å²) in [5, 5.41) is 22.7. The summed E-state index contributed by atoms with van der Waals surface area (Å²) in [6.45, 7) is 0.849. The molecule has 1 aromatic carbocycles. The van der Waals surface area contributed by atoms with Gasteiger partial charge in [-0.1, -0.05) is 101 Å².